The number of carbonyl (C=O) groups is 2. The van der Waals surface area contributed by atoms with Crippen molar-refractivity contribution in [3.05, 3.63) is 77.8 Å². The van der Waals surface area contributed by atoms with E-state index in [1.54, 1.807) is 18.2 Å². The number of anilines is 3. The molecule has 2 N–H and O–H groups in total. The average Bonchev–Trinajstić information content (AvgIpc) is 2.71. The van der Waals surface area contributed by atoms with Gasteiger partial charge < -0.3 is 15.4 Å². The van der Waals surface area contributed by atoms with Crippen LogP contribution in [0.4, 0.5) is 26.0 Å². The van der Waals surface area contributed by atoms with Gasteiger partial charge in [-0.1, -0.05) is 12.1 Å². The summed E-state index contributed by atoms with van der Waals surface area (Å²) in [5.74, 6) is -2.61. The lowest BCUT2D eigenvalue weighted by Gasteiger charge is -2.09. The summed E-state index contributed by atoms with van der Waals surface area (Å²) in [5, 5.41) is 5.05. The Balaban J connectivity index is 1.71. The molecule has 2 aromatic carbocycles. The van der Waals surface area contributed by atoms with Crippen molar-refractivity contribution in [2.45, 2.75) is 0 Å². The molecule has 0 bridgehead atoms. The molecule has 7 nitrogen and oxygen atoms in total. The summed E-state index contributed by atoms with van der Waals surface area (Å²) in [5.41, 5.74) is 0.250. The molecular formula is C19H14F2N4O3. The molecule has 0 radical (unpaired) electrons. The van der Waals surface area contributed by atoms with E-state index in [1.165, 1.54) is 25.4 Å². The van der Waals surface area contributed by atoms with Crippen LogP contribution in [0.3, 0.4) is 0 Å². The summed E-state index contributed by atoms with van der Waals surface area (Å²) >= 11 is 0. The first kappa shape index (κ1) is 18.9. The lowest BCUT2D eigenvalue weighted by molar-refractivity contribution is 0.0600. The van der Waals surface area contributed by atoms with E-state index >= 15 is 0 Å². The molecule has 0 aliphatic carbocycles. The highest BCUT2D eigenvalue weighted by atomic mass is 19.1. The van der Waals surface area contributed by atoms with Crippen LogP contribution in [-0.4, -0.2) is 29.0 Å². The number of hydrogen-bond donors (Lipinski definition) is 2. The fourth-order valence-electron chi connectivity index (χ4n) is 2.29. The molecule has 0 spiro atoms. The number of hydrogen-bond acceptors (Lipinski definition) is 6. The zero-order valence-electron chi connectivity index (χ0n) is 14.6. The van der Waals surface area contributed by atoms with Gasteiger partial charge in [-0.2, -0.15) is 0 Å². The van der Waals surface area contributed by atoms with Crippen LogP contribution in [0.5, 0.6) is 0 Å². The third-order valence-corrected chi connectivity index (χ3v) is 3.64. The van der Waals surface area contributed by atoms with Gasteiger partial charge in [-0.05, 0) is 30.3 Å². The Hall–Kier alpha value is -3.88. The van der Waals surface area contributed by atoms with Gasteiger partial charge in [-0.15, -0.1) is 0 Å². The number of benzene rings is 2. The zero-order valence-corrected chi connectivity index (χ0v) is 14.6. The molecule has 1 amide bonds. The third-order valence-electron chi connectivity index (χ3n) is 3.64. The molecule has 1 heterocycles. The van der Waals surface area contributed by atoms with Crippen LogP contribution in [0.25, 0.3) is 0 Å². The Labute approximate surface area is 158 Å². The maximum atomic E-state index is 13.7. The first-order valence-electron chi connectivity index (χ1n) is 8.00. The first-order valence-corrected chi connectivity index (χ1v) is 8.00. The monoisotopic (exact) mass is 384 g/mol. The van der Waals surface area contributed by atoms with Gasteiger partial charge in [0.2, 0.25) is 0 Å². The van der Waals surface area contributed by atoms with Gasteiger partial charge in [0.1, 0.15) is 28.8 Å². The highest BCUT2D eigenvalue weighted by Crippen LogP contribution is 2.21. The van der Waals surface area contributed by atoms with E-state index < -0.39 is 23.5 Å². The summed E-state index contributed by atoms with van der Waals surface area (Å²) in [7, 11) is 1.26. The fourth-order valence-corrected chi connectivity index (χ4v) is 2.29. The Morgan fingerprint density at radius 3 is 2.36 bits per heavy atom. The van der Waals surface area contributed by atoms with Crippen LogP contribution < -0.4 is 10.6 Å². The maximum absolute atomic E-state index is 13.7. The van der Waals surface area contributed by atoms with Crippen molar-refractivity contribution in [1.29, 1.82) is 0 Å². The summed E-state index contributed by atoms with van der Waals surface area (Å²) in [6, 6.07) is 9.62. The molecule has 0 saturated carbocycles. The van der Waals surface area contributed by atoms with Crippen LogP contribution in [0.15, 0.2) is 54.9 Å². The summed E-state index contributed by atoms with van der Waals surface area (Å²) < 4.78 is 31.9. The van der Waals surface area contributed by atoms with Gasteiger partial charge >= 0.3 is 5.97 Å². The second-order valence-corrected chi connectivity index (χ2v) is 5.54. The second-order valence-electron chi connectivity index (χ2n) is 5.54. The van der Waals surface area contributed by atoms with E-state index in [0.29, 0.717) is 5.69 Å². The molecule has 3 rings (SSSR count). The standard InChI is InChI=1S/C19H14F2N4O3/c1-28-19(27)11-4-2-5-12(8-11)24-18(26)15-9-23-16(10-22-15)25-17-13(20)6-3-7-14(17)21/h2-10H,1H3,(H,23,25)(H,24,26). The van der Waals surface area contributed by atoms with Gasteiger partial charge in [-0.3, -0.25) is 4.79 Å². The van der Waals surface area contributed by atoms with Gasteiger partial charge in [-0.25, -0.2) is 23.5 Å². The number of nitrogens with zero attached hydrogens (tertiary/aromatic N) is 2. The topological polar surface area (TPSA) is 93.2 Å². The number of para-hydroxylation sites is 1. The molecule has 0 atom stereocenters. The van der Waals surface area contributed by atoms with Crippen molar-refractivity contribution in [3.8, 4) is 0 Å². The van der Waals surface area contributed by atoms with Gasteiger partial charge in [0.25, 0.3) is 5.91 Å². The number of halogens is 2. The van der Waals surface area contributed by atoms with Gasteiger partial charge in [0.05, 0.1) is 25.1 Å². The van der Waals surface area contributed by atoms with E-state index in [-0.39, 0.29) is 22.8 Å². The lowest BCUT2D eigenvalue weighted by Crippen LogP contribution is -2.15. The molecule has 3 aromatic rings. The van der Waals surface area contributed by atoms with Crippen LogP contribution in [0.2, 0.25) is 0 Å². The Bertz CT molecular complexity index is 1010. The number of carbonyl (C=O) groups excluding carboxylic acids is 2. The van der Waals surface area contributed by atoms with Gasteiger partial charge in [0, 0.05) is 5.69 Å². The predicted octanol–water partition coefficient (Wildman–Crippen LogP) is 3.54. The molecular weight excluding hydrogens is 370 g/mol. The van der Waals surface area contributed by atoms with Crippen molar-refractivity contribution in [3.63, 3.8) is 0 Å². The van der Waals surface area contributed by atoms with Crippen molar-refractivity contribution < 1.29 is 23.1 Å². The highest BCUT2D eigenvalue weighted by molar-refractivity contribution is 6.03. The molecule has 0 fully saturated rings. The van der Waals surface area contributed by atoms with Crippen LogP contribution in [0, 0.1) is 11.6 Å². The van der Waals surface area contributed by atoms with Crippen molar-refractivity contribution in [2.24, 2.45) is 0 Å². The normalized spacial score (nSPS) is 10.2. The third kappa shape index (κ3) is 4.26. The van der Waals surface area contributed by atoms with Crippen LogP contribution in [0.1, 0.15) is 20.8 Å². The Morgan fingerprint density at radius 2 is 1.71 bits per heavy atom. The van der Waals surface area contributed by atoms with E-state index in [0.717, 1.165) is 18.3 Å². The number of nitrogens with one attached hydrogen (secondary N) is 2. The smallest absolute Gasteiger partial charge is 0.337 e. The molecule has 9 heteroatoms. The zero-order chi connectivity index (χ0) is 20.1. The van der Waals surface area contributed by atoms with Crippen molar-refractivity contribution >= 4 is 29.1 Å². The SMILES string of the molecule is COC(=O)c1cccc(NC(=O)c2cnc(Nc3c(F)cccc3F)cn2)c1. The fraction of sp³-hybridized carbons (Fsp3) is 0.0526. The van der Waals surface area contributed by atoms with Gasteiger partial charge in [0.15, 0.2) is 0 Å². The lowest BCUT2D eigenvalue weighted by atomic mass is 10.2. The Morgan fingerprint density at radius 1 is 1.00 bits per heavy atom. The minimum Gasteiger partial charge on any atom is -0.465 e. The Kier molecular flexibility index (Phi) is 5.54. The van der Waals surface area contributed by atoms with Crippen molar-refractivity contribution in [2.75, 3.05) is 17.7 Å². The quantitative estimate of drug-likeness (QED) is 0.654. The molecule has 0 unspecified atom stereocenters. The minimum absolute atomic E-state index is 0.0250. The number of esters is 1. The number of methoxy groups -OCH3 is 1. The van der Waals surface area contributed by atoms with E-state index in [2.05, 4.69) is 25.3 Å². The predicted molar refractivity (Wildman–Crippen MR) is 97.4 cm³/mol. The molecule has 28 heavy (non-hydrogen) atoms. The molecule has 142 valence electrons. The van der Waals surface area contributed by atoms with Crippen LogP contribution in [-0.2, 0) is 4.74 Å². The largest absolute Gasteiger partial charge is 0.465 e. The average molecular weight is 384 g/mol. The van der Waals surface area contributed by atoms with Crippen LogP contribution >= 0.6 is 0 Å². The summed E-state index contributed by atoms with van der Waals surface area (Å²) in [6.45, 7) is 0. The molecule has 0 aliphatic rings. The number of rotatable bonds is 5. The minimum atomic E-state index is -0.783. The molecule has 0 saturated heterocycles. The summed E-state index contributed by atoms with van der Waals surface area (Å²) in [6.07, 6.45) is 2.33. The number of aromatic nitrogens is 2. The molecule has 0 aliphatic heterocycles. The van der Waals surface area contributed by atoms with Crippen molar-refractivity contribution in [1.82, 2.24) is 9.97 Å². The second kappa shape index (κ2) is 8.21. The maximum Gasteiger partial charge on any atom is 0.337 e. The first-order chi connectivity index (χ1) is 13.5. The number of ether oxygens (including phenoxy) is 1. The summed E-state index contributed by atoms with van der Waals surface area (Å²) in [4.78, 5) is 31.7. The highest BCUT2D eigenvalue weighted by Gasteiger charge is 2.13. The molecule has 1 aromatic heterocycles. The van der Waals surface area contributed by atoms with E-state index in [4.69, 9.17) is 0 Å². The number of amides is 1. The van der Waals surface area contributed by atoms with E-state index in [9.17, 15) is 18.4 Å². The van der Waals surface area contributed by atoms with E-state index in [1.807, 2.05) is 0 Å².